The molecule has 0 unspecified atom stereocenters. The lowest BCUT2D eigenvalue weighted by Crippen LogP contribution is -2.14. The molecule has 0 spiro atoms. The van der Waals surface area contributed by atoms with Crippen molar-refractivity contribution in [3.8, 4) is 0 Å². The molecule has 0 saturated heterocycles. The Kier molecular flexibility index (Phi) is 4.53. The van der Waals surface area contributed by atoms with Gasteiger partial charge in [-0.25, -0.2) is 13.6 Å². The zero-order chi connectivity index (χ0) is 15.4. The average Bonchev–Trinajstić information content (AvgIpc) is 2.89. The second-order valence-corrected chi connectivity index (χ2v) is 4.93. The summed E-state index contributed by atoms with van der Waals surface area (Å²) in [6.45, 7) is 0. The Labute approximate surface area is 121 Å². The van der Waals surface area contributed by atoms with Crippen molar-refractivity contribution in [2.75, 3.05) is 11.1 Å². The molecule has 3 N–H and O–H groups in total. The highest BCUT2D eigenvalue weighted by molar-refractivity contribution is 8.00. The number of nitrogens with one attached hydrogen (secondary N) is 2. The molecular weight excluding hydrogens is 304 g/mol. The third kappa shape index (κ3) is 4.02. The molecule has 0 atom stereocenters. The summed E-state index contributed by atoms with van der Waals surface area (Å²) >= 11 is 1.01. The van der Waals surface area contributed by atoms with E-state index in [-0.39, 0.29) is 17.3 Å². The van der Waals surface area contributed by atoms with E-state index in [9.17, 15) is 18.4 Å². The molecule has 1 aromatic heterocycles. The zero-order valence-electron chi connectivity index (χ0n) is 10.4. The van der Waals surface area contributed by atoms with Gasteiger partial charge in [0.2, 0.25) is 5.91 Å². The number of thioether (sulfide) groups is 1. The fourth-order valence-corrected chi connectivity index (χ4v) is 2.11. The molecule has 1 heterocycles. The molecule has 0 aliphatic carbocycles. The fourth-order valence-electron chi connectivity index (χ4n) is 1.39. The van der Waals surface area contributed by atoms with Crippen molar-refractivity contribution in [1.29, 1.82) is 0 Å². The van der Waals surface area contributed by atoms with Crippen molar-refractivity contribution in [1.82, 2.24) is 10.2 Å². The number of nitrogens with zero attached hydrogens (tertiary/aromatic N) is 1. The van der Waals surface area contributed by atoms with Gasteiger partial charge in [0.1, 0.15) is 5.69 Å². The number of aromatic carboxylic acids is 1. The maximum Gasteiger partial charge on any atom is 0.353 e. The van der Waals surface area contributed by atoms with E-state index < -0.39 is 23.5 Å². The highest BCUT2D eigenvalue weighted by Gasteiger charge is 2.11. The maximum atomic E-state index is 13.0. The number of hydrogen-bond donors (Lipinski definition) is 3. The van der Waals surface area contributed by atoms with Crippen LogP contribution in [0, 0.1) is 11.6 Å². The molecule has 0 bridgehead atoms. The third-order valence-corrected chi connectivity index (χ3v) is 3.33. The van der Waals surface area contributed by atoms with Crippen molar-refractivity contribution >= 4 is 29.5 Å². The first kappa shape index (κ1) is 15.0. The summed E-state index contributed by atoms with van der Waals surface area (Å²) in [4.78, 5) is 22.6. The van der Waals surface area contributed by atoms with E-state index in [0.717, 1.165) is 23.9 Å². The van der Waals surface area contributed by atoms with Gasteiger partial charge in [0.15, 0.2) is 17.5 Å². The number of aromatic amines is 1. The Hall–Kier alpha value is -2.42. The molecule has 9 heteroatoms. The number of hydrogen-bond acceptors (Lipinski definition) is 4. The second kappa shape index (κ2) is 6.35. The number of anilines is 1. The summed E-state index contributed by atoms with van der Waals surface area (Å²) in [6, 6.07) is 4.49. The standard InChI is InChI=1S/C12H9F2N3O3S/c13-7-2-1-6(3-8(7)14)21-5-11(18)15-10-4-9(12(19)20)16-17-10/h1-4H,5H2,(H,19,20)(H2,15,16,17,18). The maximum absolute atomic E-state index is 13.0. The first-order valence-corrected chi connectivity index (χ1v) is 6.60. The largest absolute Gasteiger partial charge is 0.477 e. The lowest BCUT2D eigenvalue weighted by Gasteiger charge is -2.02. The number of carboxylic acids is 1. The number of carbonyl (C=O) groups excluding carboxylic acids is 1. The summed E-state index contributed by atoms with van der Waals surface area (Å²) in [7, 11) is 0. The van der Waals surface area contributed by atoms with E-state index in [1.54, 1.807) is 0 Å². The molecule has 0 aliphatic heterocycles. The number of rotatable bonds is 5. The number of H-pyrrole nitrogens is 1. The van der Waals surface area contributed by atoms with E-state index in [2.05, 4.69) is 15.5 Å². The minimum Gasteiger partial charge on any atom is -0.477 e. The van der Waals surface area contributed by atoms with Crippen LogP contribution in [0.5, 0.6) is 0 Å². The lowest BCUT2D eigenvalue weighted by molar-refractivity contribution is -0.113. The molecule has 2 rings (SSSR count). The topological polar surface area (TPSA) is 95.1 Å². The van der Waals surface area contributed by atoms with Gasteiger partial charge in [-0.15, -0.1) is 11.8 Å². The van der Waals surface area contributed by atoms with E-state index in [1.807, 2.05) is 0 Å². The number of aromatic nitrogens is 2. The van der Waals surface area contributed by atoms with Gasteiger partial charge in [-0.3, -0.25) is 9.89 Å². The van der Waals surface area contributed by atoms with Crippen molar-refractivity contribution in [2.24, 2.45) is 0 Å². The predicted octanol–water partition coefficient (Wildman–Crippen LogP) is 2.12. The van der Waals surface area contributed by atoms with Crippen LogP contribution in [0.1, 0.15) is 10.5 Å². The summed E-state index contributed by atoms with van der Waals surface area (Å²) in [5, 5.41) is 16.9. The van der Waals surface area contributed by atoms with Gasteiger partial charge < -0.3 is 10.4 Å². The number of carboxylic acid groups (broad SMARTS) is 1. The Bertz CT molecular complexity index is 690. The Morgan fingerprint density at radius 3 is 2.67 bits per heavy atom. The van der Waals surface area contributed by atoms with Crippen LogP contribution in [0.3, 0.4) is 0 Å². The molecule has 1 amide bonds. The first-order chi connectivity index (χ1) is 9.95. The Morgan fingerprint density at radius 1 is 1.29 bits per heavy atom. The molecule has 0 radical (unpaired) electrons. The van der Waals surface area contributed by atoms with Crippen molar-refractivity contribution < 1.29 is 23.5 Å². The highest BCUT2D eigenvalue weighted by atomic mass is 32.2. The SMILES string of the molecule is O=C(CSc1ccc(F)c(F)c1)Nc1cc(C(=O)O)[nH]n1. The molecule has 110 valence electrons. The van der Waals surface area contributed by atoms with Crippen molar-refractivity contribution in [3.05, 3.63) is 41.6 Å². The first-order valence-electron chi connectivity index (χ1n) is 5.62. The monoisotopic (exact) mass is 313 g/mol. The van der Waals surface area contributed by atoms with Crippen LogP contribution in [-0.2, 0) is 4.79 Å². The van der Waals surface area contributed by atoms with E-state index >= 15 is 0 Å². The fraction of sp³-hybridized carbons (Fsp3) is 0.0833. The smallest absolute Gasteiger partial charge is 0.353 e. The van der Waals surface area contributed by atoms with Crippen LogP contribution in [0.15, 0.2) is 29.2 Å². The summed E-state index contributed by atoms with van der Waals surface area (Å²) < 4.78 is 25.7. The van der Waals surface area contributed by atoms with E-state index in [1.165, 1.54) is 12.1 Å². The minimum absolute atomic E-state index is 0.0552. The zero-order valence-corrected chi connectivity index (χ0v) is 11.2. The minimum atomic E-state index is -1.20. The third-order valence-electron chi connectivity index (χ3n) is 2.34. The number of benzene rings is 1. The molecule has 21 heavy (non-hydrogen) atoms. The number of halogens is 2. The van der Waals surface area contributed by atoms with Gasteiger partial charge >= 0.3 is 5.97 Å². The quantitative estimate of drug-likeness (QED) is 0.735. The van der Waals surface area contributed by atoms with Crippen LogP contribution in [0.25, 0.3) is 0 Å². The van der Waals surface area contributed by atoms with Gasteiger partial charge in [-0.2, -0.15) is 5.10 Å². The van der Waals surface area contributed by atoms with E-state index in [0.29, 0.717) is 4.90 Å². The molecular formula is C12H9F2N3O3S. The van der Waals surface area contributed by atoms with Crippen LogP contribution >= 0.6 is 11.8 Å². The number of amides is 1. The molecule has 2 aromatic rings. The van der Waals surface area contributed by atoms with Gasteiger partial charge in [-0.05, 0) is 18.2 Å². The highest BCUT2D eigenvalue weighted by Crippen LogP contribution is 2.20. The van der Waals surface area contributed by atoms with Gasteiger partial charge in [0.05, 0.1) is 5.75 Å². The molecule has 0 aliphatic rings. The summed E-state index contributed by atoms with van der Waals surface area (Å²) in [5.74, 6) is -3.57. The molecule has 0 saturated carbocycles. The van der Waals surface area contributed by atoms with Gasteiger partial charge in [0.25, 0.3) is 0 Å². The van der Waals surface area contributed by atoms with Crippen LogP contribution < -0.4 is 5.32 Å². The molecule has 1 aromatic carbocycles. The van der Waals surface area contributed by atoms with Crippen LogP contribution in [-0.4, -0.2) is 32.9 Å². The van der Waals surface area contributed by atoms with E-state index in [4.69, 9.17) is 5.11 Å². The molecule has 0 fully saturated rings. The Balaban J connectivity index is 1.89. The van der Waals surface area contributed by atoms with Crippen LogP contribution in [0.4, 0.5) is 14.6 Å². The normalized spacial score (nSPS) is 10.4. The second-order valence-electron chi connectivity index (χ2n) is 3.88. The van der Waals surface area contributed by atoms with Gasteiger partial charge in [-0.1, -0.05) is 0 Å². The van der Waals surface area contributed by atoms with Crippen LogP contribution in [0.2, 0.25) is 0 Å². The Morgan fingerprint density at radius 2 is 2.05 bits per heavy atom. The predicted molar refractivity (Wildman–Crippen MR) is 71.3 cm³/mol. The van der Waals surface area contributed by atoms with Crippen molar-refractivity contribution in [2.45, 2.75) is 4.90 Å². The molecule has 6 nitrogen and oxygen atoms in total. The summed E-state index contributed by atoms with van der Waals surface area (Å²) in [5.41, 5.74) is -0.154. The van der Waals surface area contributed by atoms with Crippen molar-refractivity contribution in [3.63, 3.8) is 0 Å². The average molecular weight is 313 g/mol. The number of carbonyl (C=O) groups is 2. The summed E-state index contributed by atoms with van der Waals surface area (Å²) in [6.07, 6.45) is 0. The van der Waals surface area contributed by atoms with Gasteiger partial charge in [0, 0.05) is 11.0 Å². The lowest BCUT2D eigenvalue weighted by atomic mass is 10.3.